The Morgan fingerprint density at radius 1 is 1.42 bits per heavy atom. The highest BCUT2D eigenvalue weighted by Gasteiger charge is 2.22. The van der Waals surface area contributed by atoms with Gasteiger partial charge in [0.2, 0.25) is 0 Å². The molecule has 0 aliphatic carbocycles. The van der Waals surface area contributed by atoms with E-state index in [4.69, 9.17) is 0 Å². The van der Waals surface area contributed by atoms with Gasteiger partial charge in [-0.15, -0.1) is 0 Å². The van der Waals surface area contributed by atoms with Gasteiger partial charge >= 0.3 is 0 Å². The molecule has 0 spiro atoms. The normalized spacial score (nSPS) is 20.1. The van der Waals surface area contributed by atoms with Crippen molar-refractivity contribution < 1.29 is 0 Å². The number of aromatic nitrogens is 3. The zero-order valence-electron chi connectivity index (χ0n) is 11.2. The molecule has 3 heterocycles. The lowest BCUT2D eigenvalue weighted by atomic mass is 9.95. The molecular weight excluding hydrogens is 304 g/mol. The standard InChI is InChI=1S/C14H19BrN4/c1-18-10-17-13-12(18)5-7-16-14(13)19-8-2-3-11(9-19)4-6-15/h5,7,10-11H,2-4,6,8-9H2,1H3. The molecule has 19 heavy (non-hydrogen) atoms. The third kappa shape index (κ3) is 2.48. The van der Waals surface area contributed by atoms with Crippen LogP contribution in [0.15, 0.2) is 18.6 Å². The first-order chi connectivity index (χ1) is 9.29. The number of anilines is 1. The molecule has 2 aromatic heterocycles. The summed E-state index contributed by atoms with van der Waals surface area (Å²) in [7, 11) is 2.03. The van der Waals surface area contributed by atoms with Gasteiger partial charge < -0.3 is 9.47 Å². The SMILES string of the molecule is Cn1cnc2c(N3CCCC(CCBr)C3)nccc21. The number of rotatable bonds is 3. The predicted octanol–water partition coefficient (Wildman–Crippen LogP) is 2.97. The molecule has 0 aromatic carbocycles. The van der Waals surface area contributed by atoms with Crippen LogP contribution < -0.4 is 4.90 Å². The number of aryl methyl sites for hydroxylation is 1. The maximum absolute atomic E-state index is 4.58. The molecule has 5 heteroatoms. The summed E-state index contributed by atoms with van der Waals surface area (Å²) in [5, 5.41) is 1.09. The molecule has 0 saturated carbocycles. The van der Waals surface area contributed by atoms with Gasteiger partial charge in [-0.05, 0) is 31.2 Å². The van der Waals surface area contributed by atoms with Gasteiger partial charge in [0, 0.05) is 31.7 Å². The number of hydrogen-bond acceptors (Lipinski definition) is 3. The third-order valence-electron chi connectivity index (χ3n) is 3.96. The van der Waals surface area contributed by atoms with E-state index >= 15 is 0 Å². The molecule has 1 atom stereocenters. The van der Waals surface area contributed by atoms with Crippen molar-refractivity contribution in [1.82, 2.24) is 14.5 Å². The minimum atomic E-state index is 0.772. The fraction of sp³-hybridized carbons (Fsp3) is 0.571. The number of hydrogen-bond donors (Lipinski definition) is 0. The summed E-state index contributed by atoms with van der Waals surface area (Å²) >= 11 is 3.55. The minimum Gasteiger partial charge on any atom is -0.354 e. The molecule has 0 amide bonds. The van der Waals surface area contributed by atoms with Gasteiger partial charge in [-0.25, -0.2) is 9.97 Å². The summed E-state index contributed by atoms with van der Waals surface area (Å²) in [6.07, 6.45) is 7.60. The van der Waals surface area contributed by atoms with Crippen LogP contribution in [-0.4, -0.2) is 33.0 Å². The van der Waals surface area contributed by atoms with Crippen LogP contribution in [0.2, 0.25) is 0 Å². The summed E-state index contributed by atoms with van der Waals surface area (Å²) in [6.45, 7) is 2.20. The smallest absolute Gasteiger partial charge is 0.156 e. The summed E-state index contributed by atoms with van der Waals surface area (Å²) in [6, 6.07) is 2.03. The first-order valence-corrected chi connectivity index (χ1v) is 7.98. The molecule has 2 aromatic rings. The van der Waals surface area contributed by atoms with E-state index in [9.17, 15) is 0 Å². The predicted molar refractivity (Wildman–Crippen MR) is 81.9 cm³/mol. The summed E-state index contributed by atoms with van der Waals surface area (Å²) in [4.78, 5) is 11.5. The van der Waals surface area contributed by atoms with Gasteiger partial charge in [0.1, 0.15) is 5.52 Å². The molecule has 102 valence electrons. The van der Waals surface area contributed by atoms with Crippen LogP contribution in [0.5, 0.6) is 0 Å². The number of piperidine rings is 1. The summed E-state index contributed by atoms with van der Waals surface area (Å²) in [5.41, 5.74) is 2.19. The molecule has 1 unspecified atom stereocenters. The van der Waals surface area contributed by atoms with Gasteiger partial charge in [0.05, 0.1) is 11.8 Å². The number of fused-ring (bicyclic) bond motifs is 1. The van der Waals surface area contributed by atoms with Crippen LogP contribution in [0.1, 0.15) is 19.3 Å². The Kier molecular flexibility index (Phi) is 3.73. The molecule has 0 radical (unpaired) electrons. The van der Waals surface area contributed by atoms with Crippen molar-refractivity contribution in [1.29, 1.82) is 0 Å². The van der Waals surface area contributed by atoms with E-state index in [1.165, 1.54) is 19.3 Å². The Morgan fingerprint density at radius 3 is 3.16 bits per heavy atom. The number of imidazole rings is 1. The summed E-state index contributed by atoms with van der Waals surface area (Å²) < 4.78 is 2.06. The number of halogens is 1. The van der Waals surface area contributed by atoms with Crippen molar-refractivity contribution in [3.63, 3.8) is 0 Å². The molecule has 1 aliphatic rings. The average molecular weight is 323 g/mol. The van der Waals surface area contributed by atoms with Crippen molar-refractivity contribution in [2.45, 2.75) is 19.3 Å². The molecule has 0 bridgehead atoms. The lowest BCUT2D eigenvalue weighted by Gasteiger charge is -2.33. The van der Waals surface area contributed by atoms with E-state index in [1.54, 1.807) is 0 Å². The van der Waals surface area contributed by atoms with Crippen molar-refractivity contribution in [2.24, 2.45) is 13.0 Å². The van der Waals surface area contributed by atoms with Gasteiger partial charge in [-0.1, -0.05) is 15.9 Å². The zero-order chi connectivity index (χ0) is 13.2. The fourth-order valence-electron chi connectivity index (χ4n) is 2.93. The average Bonchev–Trinajstić information content (AvgIpc) is 2.81. The second kappa shape index (κ2) is 5.49. The highest BCUT2D eigenvalue weighted by atomic mass is 79.9. The Bertz CT molecular complexity index is 564. The van der Waals surface area contributed by atoms with Crippen LogP contribution in [0.3, 0.4) is 0 Å². The molecule has 0 N–H and O–H groups in total. The highest BCUT2D eigenvalue weighted by Crippen LogP contribution is 2.28. The van der Waals surface area contributed by atoms with Crippen molar-refractivity contribution in [3.05, 3.63) is 18.6 Å². The number of alkyl halides is 1. The zero-order valence-corrected chi connectivity index (χ0v) is 12.8. The first kappa shape index (κ1) is 12.9. The monoisotopic (exact) mass is 322 g/mol. The highest BCUT2D eigenvalue weighted by molar-refractivity contribution is 9.09. The Hall–Kier alpha value is -1.10. The second-order valence-electron chi connectivity index (χ2n) is 5.29. The van der Waals surface area contributed by atoms with Crippen molar-refractivity contribution >= 4 is 32.8 Å². The maximum atomic E-state index is 4.58. The van der Waals surface area contributed by atoms with Crippen LogP contribution in [0.25, 0.3) is 11.0 Å². The second-order valence-corrected chi connectivity index (χ2v) is 6.08. The molecule has 1 aliphatic heterocycles. The van der Waals surface area contributed by atoms with Gasteiger partial charge in [-0.3, -0.25) is 0 Å². The van der Waals surface area contributed by atoms with Gasteiger partial charge in [0.25, 0.3) is 0 Å². The Labute approximate surface area is 122 Å². The van der Waals surface area contributed by atoms with Crippen LogP contribution in [-0.2, 0) is 7.05 Å². The number of nitrogens with zero attached hydrogens (tertiary/aromatic N) is 4. The molecule has 4 nitrogen and oxygen atoms in total. The minimum absolute atomic E-state index is 0.772. The van der Waals surface area contributed by atoms with E-state index in [0.29, 0.717) is 0 Å². The van der Waals surface area contributed by atoms with Crippen molar-refractivity contribution in [2.75, 3.05) is 23.3 Å². The Morgan fingerprint density at radius 2 is 2.32 bits per heavy atom. The van der Waals surface area contributed by atoms with E-state index < -0.39 is 0 Å². The molecule has 3 rings (SSSR count). The Balaban J connectivity index is 1.91. The topological polar surface area (TPSA) is 34.0 Å². The first-order valence-electron chi connectivity index (χ1n) is 6.86. The van der Waals surface area contributed by atoms with Gasteiger partial charge in [-0.2, -0.15) is 0 Å². The molecule has 1 saturated heterocycles. The summed E-state index contributed by atoms with van der Waals surface area (Å²) in [5.74, 6) is 1.83. The van der Waals surface area contributed by atoms with E-state index in [-0.39, 0.29) is 0 Å². The van der Waals surface area contributed by atoms with E-state index in [0.717, 1.165) is 41.2 Å². The maximum Gasteiger partial charge on any atom is 0.156 e. The third-order valence-corrected chi connectivity index (χ3v) is 4.42. The van der Waals surface area contributed by atoms with E-state index in [2.05, 4.69) is 35.4 Å². The number of pyridine rings is 1. The van der Waals surface area contributed by atoms with Crippen molar-refractivity contribution in [3.8, 4) is 0 Å². The van der Waals surface area contributed by atoms with Crippen LogP contribution >= 0.6 is 15.9 Å². The van der Waals surface area contributed by atoms with E-state index in [1.807, 2.05) is 25.6 Å². The largest absolute Gasteiger partial charge is 0.354 e. The lowest BCUT2D eigenvalue weighted by Crippen LogP contribution is -2.36. The molecular formula is C14H19BrN4. The molecule has 1 fully saturated rings. The van der Waals surface area contributed by atoms with Crippen LogP contribution in [0.4, 0.5) is 5.82 Å². The van der Waals surface area contributed by atoms with Gasteiger partial charge in [0.15, 0.2) is 5.82 Å². The van der Waals surface area contributed by atoms with Crippen LogP contribution in [0, 0.1) is 5.92 Å². The lowest BCUT2D eigenvalue weighted by molar-refractivity contribution is 0.406. The quantitative estimate of drug-likeness (QED) is 0.815. The fourth-order valence-corrected chi connectivity index (χ4v) is 3.57.